The smallest absolute Gasteiger partial charge is 0.255 e. The molecule has 0 bridgehead atoms. The Morgan fingerprint density at radius 2 is 2.29 bits per heavy atom. The van der Waals surface area contributed by atoms with Crippen molar-refractivity contribution >= 4 is 21.8 Å². The molecule has 0 saturated carbocycles. The van der Waals surface area contributed by atoms with E-state index in [0.29, 0.717) is 16.6 Å². The van der Waals surface area contributed by atoms with Gasteiger partial charge in [0.2, 0.25) is 0 Å². The third kappa shape index (κ3) is 2.50. The van der Waals surface area contributed by atoms with Crippen LogP contribution in [0.25, 0.3) is 0 Å². The highest BCUT2D eigenvalue weighted by atomic mass is 79.9. The SMILES string of the molecule is CCN(C(=O)c1ccc(F)cc1Br)C1CNC1. The van der Waals surface area contributed by atoms with Gasteiger partial charge in [0, 0.05) is 24.1 Å². The van der Waals surface area contributed by atoms with Gasteiger partial charge in [-0.25, -0.2) is 4.39 Å². The first-order valence-electron chi connectivity index (χ1n) is 5.60. The first-order valence-corrected chi connectivity index (χ1v) is 6.39. The normalized spacial score (nSPS) is 15.5. The van der Waals surface area contributed by atoms with E-state index in [0.717, 1.165) is 13.1 Å². The van der Waals surface area contributed by atoms with Crippen LogP contribution in [0.5, 0.6) is 0 Å². The number of hydrogen-bond acceptors (Lipinski definition) is 2. The number of halogens is 2. The van der Waals surface area contributed by atoms with Crippen molar-refractivity contribution in [1.29, 1.82) is 0 Å². The standard InChI is InChI=1S/C12H14BrFN2O/c1-2-16(9-6-15-7-9)12(17)10-4-3-8(14)5-11(10)13/h3-5,9,15H,2,6-7H2,1H3. The molecule has 0 spiro atoms. The Balaban J connectivity index is 2.22. The molecule has 17 heavy (non-hydrogen) atoms. The summed E-state index contributed by atoms with van der Waals surface area (Å²) in [6.07, 6.45) is 0. The third-order valence-electron chi connectivity index (χ3n) is 2.96. The lowest BCUT2D eigenvalue weighted by Gasteiger charge is -2.37. The summed E-state index contributed by atoms with van der Waals surface area (Å²) < 4.78 is 13.5. The van der Waals surface area contributed by atoms with E-state index in [-0.39, 0.29) is 17.8 Å². The highest BCUT2D eigenvalue weighted by Crippen LogP contribution is 2.21. The first-order chi connectivity index (χ1) is 8.13. The van der Waals surface area contributed by atoms with Gasteiger partial charge in [-0.2, -0.15) is 0 Å². The van der Waals surface area contributed by atoms with E-state index >= 15 is 0 Å². The number of nitrogens with one attached hydrogen (secondary N) is 1. The molecule has 1 saturated heterocycles. The second-order valence-electron chi connectivity index (χ2n) is 4.03. The molecule has 92 valence electrons. The quantitative estimate of drug-likeness (QED) is 0.926. The minimum Gasteiger partial charge on any atom is -0.333 e. The van der Waals surface area contributed by atoms with Gasteiger partial charge in [0.15, 0.2) is 0 Å². The summed E-state index contributed by atoms with van der Waals surface area (Å²) in [7, 11) is 0. The van der Waals surface area contributed by atoms with E-state index in [4.69, 9.17) is 0 Å². The fraction of sp³-hybridized carbons (Fsp3) is 0.417. The Morgan fingerprint density at radius 1 is 1.59 bits per heavy atom. The molecule has 0 aromatic heterocycles. The largest absolute Gasteiger partial charge is 0.333 e. The van der Waals surface area contributed by atoms with Crippen molar-refractivity contribution in [3.8, 4) is 0 Å². The Labute approximate surface area is 108 Å². The summed E-state index contributed by atoms with van der Waals surface area (Å²) in [6, 6.07) is 4.41. The van der Waals surface area contributed by atoms with Gasteiger partial charge in [0.05, 0.1) is 11.6 Å². The topological polar surface area (TPSA) is 32.3 Å². The molecule has 5 heteroatoms. The zero-order valence-corrected chi connectivity index (χ0v) is 11.1. The molecule has 1 amide bonds. The number of benzene rings is 1. The number of carbonyl (C=O) groups is 1. The number of amides is 1. The maximum absolute atomic E-state index is 13.0. The molecule has 0 unspecified atom stereocenters. The lowest BCUT2D eigenvalue weighted by molar-refractivity contribution is 0.0629. The zero-order chi connectivity index (χ0) is 12.4. The second-order valence-corrected chi connectivity index (χ2v) is 4.88. The number of likely N-dealkylation sites (N-methyl/N-ethyl adjacent to an activating group) is 1. The number of hydrogen-bond donors (Lipinski definition) is 1. The predicted octanol–water partition coefficient (Wildman–Crippen LogP) is 2.02. The van der Waals surface area contributed by atoms with Crippen molar-refractivity contribution in [3.05, 3.63) is 34.1 Å². The maximum Gasteiger partial charge on any atom is 0.255 e. The van der Waals surface area contributed by atoms with Crippen LogP contribution in [0.3, 0.4) is 0 Å². The van der Waals surface area contributed by atoms with Gasteiger partial charge >= 0.3 is 0 Å². The van der Waals surface area contributed by atoms with Crippen LogP contribution in [0.15, 0.2) is 22.7 Å². The van der Waals surface area contributed by atoms with Gasteiger partial charge in [-0.15, -0.1) is 0 Å². The molecular weight excluding hydrogens is 287 g/mol. The Hall–Kier alpha value is -0.940. The molecule has 0 aliphatic carbocycles. The van der Waals surface area contributed by atoms with Crippen LogP contribution in [0.1, 0.15) is 17.3 Å². The molecule has 1 N–H and O–H groups in total. The van der Waals surface area contributed by atoms with Crippen molar-refractivity contribution in [2.75, 3.05) is 19.6 Å². The summed E-state index contributed by atoms with van der Waals surface area (Å²) in [5.74, 6) is -0.396. The molecule has 1 aliphatic heterocycles. The van der Waals surface area contributed by atoms with E-state index in [1.807, 2.05) is 11.8 Å². The monoisotopic (exact) mass is 300 g/mol. The Morgan fingerprint density at radius 3 is 2.76 bits per heavy atom. The average Bonchev–Trinajstić information content (AvgIpc) is 2.22. The molecule has 2 rings (SSSR count). The number of rotatable bonds is 3. The summed E-state index contributed by atoms with van der Waals surface area (Å²) in [4.78, 5) is 14.1. The summed E-state index contributed by atoms with van der Waals surface area (Å²) in [5, 5.41) is 3.14. The highest BCUT2D eigenvalue weighted by Gasteiger charge is 2.28. The minimum atomic E-state index is -0.346. The molecule has 1 heterocycles. The molecule has 1 fully saturated rings. The van der Waals surface area contributed by atoms with Gasteiger partial charge in [-0.3, -0.25) is 4.79 Å². The van der Waals surface area contributed by atoms with Crippen LogP contribution in [0.2, 0.25) is 0 Å². The molecular formula is C12H14BrFN2O. The Kier molecular flexibility index (Phi) is 3.79. The van der Waals surface area contributed by atoms with Crippen LogP contribution < -0.4 is 5.32 Å². The predicted molar refractivity (Wildman–Crippen MR) is 67.5 cm³/mol. The summed E-state index contributed by atoms with van der Waals surface area (Å²) >= 11 is 3.23. The third-order valence-corrected chi connectivity index (χ3v) is 3.62. The minimum absolute atomic E-state index is 0.0501. The fourth-order valence-corrected chi connectivity index (χ4v) is 2.40. The average molecular weight is 301 g/mol. The van der Waals surface area contributed by atoms with Gasteiger partial charge in [-0.1, -0.05) is 0 Å². The number of nitrogens with zero attached hydrogens (tertiary/aromatic N) is 1. The second kappa shape index (κ2) is 5.14. The zero-order valence-electron chi connectivity index (χ0n) is 9.54. The van der Waals surface area contributed by atoms with E-state index in [9.17, 15) is 9.18 Å². The van der Waals surface area contributed by atoms with Crippen LogP contribution in [-0.4, -0.2) is 36.5 Å². The summed E-state index contributed by atoms with van der Waals surface area (Å²) in [6.45, 7) is 4.28. The molecule has 1 aromatic rings. The van der Waals surface area contributed by atoms with Crippen LogP contribution >= 0.6 is 15.9 Å². The van der Waals surface area contributed by atoms with E-state index in [1.54, 1.807) is 0 Å². The van der Waals surface area contributed by atoms with Gasteiger partial charge in [0.1, 0.15) is 5.82 Å². The van der Waals surface area contributed by atoms with Crippen LogP contribution in [0, 0.1) is 5.82 Å². The molecule has 0 atom stereocenters. The summed E-state index contributed by atoms with van der Waals surface area (Å²) in [5.41, 5.74) is 0.514. The van der Waals surface area contributed by atoms with Crippen LogP contribution in [0.4, 0.5) is 4.39 Å². The van der Waals surface area contributed by atoms with Crippen molar-refractivity contribution in [3.63, 3.8) is 0 Å². The van der Waals surface area contributed by atoms with Crippen molar-refractivity contribution in [1.82, 2.24) is 10.2 Å². The lowest BCUT2D eigenvalue weighted by atomic mass is 10.1. The maximum atomic E-state index is 13.0. The van der Waals surface area contributed by atoms with E-state index in [2.05, 4.69) is 21.2 Å². The molecule has 1 aliphatic rings. The first kappa shape index (κ1) is 12.5. The van der Waals surface area contributed by atoms with Gasteiger partial charge in [0.25, 0.3) is 5.91 Å². The van der Waals surface area contributed by atoms with Gasteiger partial charge < -0.3 is 10.2 Å². The van der Waals surface area contributed by atoms with E-state index < -0.39 is 0 Å². The molecule has 0 radical (unpaired) electrons. The number of carbonyl (C=O) groups excluding carboxylic acids is 1. The van der Waals surface area contributed by atoms with Crippen LogP contribution in [-0.2, 0) is 0 Å². The molecule has 3 nitrogen and oxygen atoms in total. The van der Waals surface area contributed by atoms with Crippen molar-refractivity contribution in [2.45, 2.75) is 13.0 Å². The van der Waals surface area contributed by atoms with Crippen molar-refractivity contribution < 1.29 is 9.18 Å². The van der Waals surface area contributed by atoms with Gasteiger partial charge in [-0.05, 0) is 41.1 Å². The highest BCUT2D eigenvalue weighted by molar-refractivity contribution is 9.10. The van der Waals surface area contributed by atoms with E-state index in [1.165, 1.54) is 18.2 Å². The molecule has 1 aromatic carbocycles. The lowest BCUT2D eigenvalue weighted by Crippen LogP contribution is -2.58. The van der Waals surface area contributed by atoms with Crippen molar-refractivity contribution in [2.24, 2.45) is 0 Å². The Bertz CT molecular complexity index is 435. The fourth-order valence-electron chi connectivity index (χ4n) is 1.88.